The first kappa shape index (κ1) is 22.7. The molecule has 33 heavy (non-hydrogen) atoms. The molecule has 0 radical (unpaired) electrons. The van der Waals surface area contributed by atoms with Gasteiger partial charge in [0.05, 0.1) is 0 Å². The highest BCUT2D eigenvalue weighted by Crippen LogP contribution is 2.40. The molecule has 4 rings (SSSR count). The fourth-order valence-corrected chi connectivity index (χ4v) is 4.11. The summed E-state index contributed by atoms with van der Waals surface area (Å²) >= 11 is 0. The third-order valence-electron chi connectivity index (χ3n) is 6.56. The van der Waals surface area contributed by atoms with E-state index < -0.39 is 0 Å². The summed E-state index contributed by atoms with van der Waals surface area (Å²) in [6, 6.07) is 37.6. The van der Waals surface area contributed by atoms with Gasteiger partial charge in [-0.15, -0.1) is 0 Å². The number of rotatable bonds is 9. The van der Waals surface area contributed by atoms with Gasteiger partial charge in [0.25, 0.3) is 0 Å². The van der Waals surface area contributed by atoms with E-state index >= 15 is 0 Å². The van der Waals surface area contributed by atoms with Gasteiger partial charge in [-0.25, -0.2) is 0 Å². The Kier molecular flexibility index (Phi) is 7.14. The zero-order valence-electron chi connectivity index (χ0n) is 19.7. The van der Waals surface area contributed by atoms with Gasteiger partial charge in [-0.3, -0.25) is 0 Å². The number of hydrogen-bond acceptors (Lipinski definition) is 2. The van der Waals surface area contributed by atoms with Crippen molar-refractivity contribution in [2.45, 2.75) is 39.4 Å². The summed E-state index contributed by atoms with van der Waals surface area (Å²) in [6.07, 6.45) is 0. The van der Waals surface area contributed by atoms with E-state index in [1.807, 2.05) is 36.4 Å². The van der Waals surface area contributed by atoms with Crippen LogP contribution in [0.25, 0.3) is 0 Å². The minimum Gasteiger partial charge on any atom is -0.489 e. The summed E-state index contributed by atoms with van der Waals surface area (Å²) in [7, 11) is 0. The van der Waals surface area contributed by atoms with Crippen LogP contribution in [0.1, 0.15) is 43.0 Å². The quantitative estimate of drug-likeness (QED) is 0.266. The minimum atomic E-state index is -0.115. The van der Waals surface area contributed by atoms with Gasteiger partial charge >= 0.3 is 0 Å². The van der Waals surface area contributed by atoms with Crippen LogP contribution in [0.4, 0.5) is 0 Å². The van der Waals surface area contributed by atoms with Crippen molar-refractivity contribution in [1.29, 1.82) is 0 Å². The summed E-state index contributed by atoms with van der Waals surface area (Å²) in [5.74, 6) is 2.20. The zero-order chi connectivity index (χ0) is 23.1. The Labute approximate surface area is 197 Å². The lowest BCUT2D eigenvalue weighted by molar-refractivity contribution is 0.305. The first-order valence-electron chi connectivity index (χ1n) is 11.6. The first-order chi connectivity index (χ1) is 16.1. The van der Waals surface area contributed by atoms with Crippen LogP contribution < -0.4 is 9.47 Å². The summed E-state index contributed by atoms with van der Waals surface area (Å²) in [5, 5.41) is 0. The van der Waals surface area contributed by atoms with Crippen molar-refractivity contribution in [3.05, 3.63) is 131 Å². The standard InChI is InChI=1S/C31H32O2/c1-24(2)31(3,27-14-18-29(19-15-27)32-22-25-10-6-4-7-11-25)28-16-20-30(21-17-28)33-23-26-12-8-5-9-13-26/h4-21,24H,22-23H2,1-3H3. The summed E-state index contributed by atoms with van der Waals surface area (Å²) < 4.78 is 12.0. The van der Waals surface area contributed by atoms with Crippen molar-refractivity contribution in [3.8, 4) is 11.5 Å². The van der Waals surface area contributed by atoms with Gasteiger partial charge in [0, 0.05) is 5.41 Å². The maximum absolute atomic E-state index is 5.99. The average molecular weight is 437 g/mol. The fourth-order valence-electron chi connectivity index (χ4n) is 4.11. The minimum absolute atomic E-state index is 0.115. The van der Waals surface area contributed by atoms with Crippen LogP contribution in [0.2, 0.25) is 0 Å². The lowest BCUT2D eigenvalue weighted by Gasteiger charge is -2.35. The second kappa shape index (κ2) is 10.4. The maximum Gasteiger partial charge on any atom is 0.119 e. The molecule has 0 aliphatic rings. The molecule has 168 valence electrons. The van der Waals surface area contributed by atoms with Gasteiger partial charge in [-0.2, -0.15) is 0 Å². The molecule has 0 N–H and O–H groups in total. The van der Waals surface area contributed by atoms with Crippen LogP contribution in [0, 0.1) is 5.92 Å². The van der Waals surface area contributed by atoms with E-state index in [4.69, 9.17) is 9.47 Å². The van der Waals surface area contributed by atoms with E-state index in [1.54, 1.807) is 0 Å². The molecular formula is C31H32O2. The SMILES string of the molecule is CC(C)C(C)(c1ccc(OCc2ccccc2)cc1)c1ccc(OCc2ccccc2)cc1. The summed E-state index contributed by atoms with van der Waals surface area (Å²) in [6.45, 7) is 8.02. The summed E-state index contributed by atoms with van der Waals surface area (Å²) in [5.41, 5.74) is 4.78. The van der Waals surface area contributed by atoms with Crippen LogP contribution in [0.5, 0.6) is 11.5 Å². The third kappa shape index (κ3) is 5.46. The molecule has 0 spiro atoms. The Hall–Kier alpha value is -3.52. The van der Waals surface area contributed by atoms with Gasteiger partial charge in [0.15, 0.2) is 0 Å². The van der Waals surface area contributed by atoms with Gasteiger partial charge in [-0.05, 0) is 52.4 Å². The Morgan fingerprint density at radius 1 is 0.545 bits per heavy atom. The van der Waals surface area contributed by atoms with E-state index in [-0.39, 0.29) is 5.41 Å². The summed E-state index contributed by atoms with van der Waals surface area (Å²) in [4.78, 5) is 0. The van der Waals surface area contributed by atoms with Gasteiger partial charge < -0.3 is 9.47 Å². The van der Waals surface area contributed by atoms with E-state index in [9.17, 15) is 0 Å². The van der Waals surface area contributed by atoms with E-state index in [1.165, 1.54) is 22.3 Å². The van der Waals surface area contributed by atoms with Gasteiger partial charge in [-0.1, -0.05) is 106 Å². The highest BCUT2D eigenvalue weighted by atomic mass is 16.5. The van der Waals surface area contributed by atoms with Gasteiger partial charge in [0.1, 0.15) is 24.7 Å². The third-order valence-corrected chi connectivity index (χ3v) is 6.56. The molecule has 0 atom stereocenters. The van der Waals surface area contributed by atoms with Crippen LogP contribution in [-0.2, 0) is 18.6 Å². The molecule has 0 bridgehead atoms. The van der Waals surface area contributed by atoms with Crippen LogP contribution in [-0.4, -0.2) is 0 Å². The molecular weight excluding hydrogens is 404 g/mol. The molecule has 0 saturated carbocycles. The first-order valence-corrected chi connectivity index (χ1v) is 11.6. The van der Waals surface area contributed by atoms with Crippen molar-refractivity contribution in [3.63, 3.8) is 0 Å². The molecule has 0 fully saturated rings. The average Bonchev–Trinajstić information content (AvgIpc) is 2.87. The highest BCUT2D eigenvalue weighted by molar-refractivity contribution is 5.43. The van der Waals surface area contributed by atoms with Crippen molar-refractivity contribution in [2.75, 3.05) is 0 Å². The Morgan fingerprint density at radius 3 is 1.24 bits per heavy atom. The molecule has 2 heteroatoms. The second-order valence-electron chi connectivity index (χ2n) is 8.95. The molecule has 0 aliphatic heterocycles. The lowest BCUT2D eigenvalue weighted by Crippen LogP contribution is -2.30. The predicted molar refractivity (Wildman–Crippen MR) is 136 cm³/mol. The van der Waals surface area contributed by atoms with E-state index in [2.05, 4.69) is 93.6 Å². The van der Waals surface area contributed by atoms with E-state index in [0.29, 0.717) is 19.1 Å². The predicted octanol–water partition coefficient (Wildman–Crippen LogP) is 7.81. The second-order valence-corrected chi connectivity index (χ2v) is 8.95. The zero-order valence-corrected chi connectivity index (χ0v) is 19.7. The molecule has 0 unspecified atom stereocenters. The van der Waals surface area contributed by atoms with Crippen molar-refractivity contribution >= 4 is 0 Å². The molecule has 0 amide bonds. The topological polar surface area (TPSA) is 18.5 Å². The van der Waals surface area contributed by atoms with Crippen molar-refractivity contribution in [2.24, 2.45) is 5.92 Å². The van der Waals surface area contributed by atoms with Crippen molar-refractivity contribution in [1.82, 2.24) is 0 Å². The Morgan fingerprint density at radius 2 is 0.909 bits per heavy atom. The van der Waals surface area contributed by atoms with Gasteiger partial charge in [0.2, 0.25) is 0 Å². The molecule has 2 nitrogen and oxygen atoms in total. The normalized spacial score (nSPS) is 11.4. The Balaban J connectivity index is 1.46. The van der Waals surface area contributed by atoms with Crippen LogP contribution in [0.3, 0.4) is 0 Å². The molecule has 4 aromatic rings. The largest absolute Gasteiger partial charge is 0.489 e. The maximum atomic E-state index is 5.99. The van der Waals surface area contributed by atoms with Crippen molar-refractivity contribution < 1.29 is 9.47 Å². The number of ether oxygens (including phenoxy) is 2. The smallest absolute Gasteiger partial charge is 0.119 e. The van der Waals surface area contributed by atoms with E-state index in [0.717, 1.165) is 11.5 Å². The Bertz CT molecular complexity index is 1030. The fraction of sp³-hybridized carbons (Fsp3) is 0.226. The number of benzene rings is 4. The van der Waals surface area contributed by atoms with Crippen LogP contribution in [0.15, 0.2) is 109 Å². The lowest BCUT2D eigenvalue weighted by atomic mass is 9.68. The highest BCUT2D eigenvalue weighted by Gasteiger charge is 2.32. The number of hydrogen-bond donors (Lipinski definition) is 0. The molecule has 0 saturated heterocycles. The van der Waals surface area contributed by atoms with Crippen LogP contribution >= 0.6 is 0 Å². The molecule has 4 aromatic carbocycles. The molecule has 0 heterocycles. The molecule has 0 aliphatic carbocycles. The monoisotopic (exact) mass is 436 g/mol. The molecule has 0 aromatic heterocycles.